The monoisotopic (exact) mass is 343 g/mol. The molecule has 0 saturated heterocycles. The minimum absolute atomic E-state index is 0.0784. The van der Waals surface area contributed by atoms with Crippen molar-refractivity contribution in [2.45, 2.75) is 19.9 Å². The van der Waals surface area contributed by atoms with Crippen LogP contribution >= 0.6 is 34.5 Å². The van der Waals surface area contributed by atoms with Gasteiger partial charge in [0, 0.05) is 29.4 Å². The quantitative estimate of drug-likeness (QED) is 0.656. The minimum atomic E-state index is -0.446. The third-order valence-electron chi connectivity index (χ3n) is 3.15. The van der Waals surface area contributed by atoms with E-state index in [9.17, 15) is 4.39 Å². The molecule has 0 bridgehead atoms. The molecule has 0 atom stereocenters. The first-order valence-corrected chi connectivity index (χ1v) is 8.19. The van der Waals surface area contributed by atoms with Gasteiger partial charge in [0.2, 0.25) is 0 Å². The van der Waals surface area contributed by atoms with Gasteiger partial charge in [-0.2, -0.15) is 0 Å². The zero-order valence-corrected chi connectivity index (χ0v) is 13.6. The van der Waals surface area contributed by atoms with Crippen molar-refractivity contribution in [3.63, 3.8) is 0 Å². The van der Waals surface area contributed by atoms with Crippen LogP contribution < -0.4 is 0 Å². The molecular weight excluding hydrogens is 332 g/mol. The van der Waals surface area contributed by atoms with Crippen LogP contribution in [0.2, 0.25) is 5.02 Å². The second-order valence-electron chi connectivity index (χ2n) is 4.69. The molecule has 3 rings (SSSR count). The highest BCUT2D eigenvalue weighted by Gasteiger charge is 2.14. The fraction of sp³-hybridized carbons (Fsp3) is 0.286. The van der Waals surface area contributed by atoms with E-state index in [-0.39, 0.29) is 5.02 Å². The van der Waals surface area contributed by atoms with E-state index in [1.54, 1.807) is 17.4 Å². The van der Waals surface area contributed by atoms with Crippen LogP contribution in [0.15, 0.2) is 17.5 Å². The lowest BCUT2D eigenvalue weighted by atomic mass is 10.3. The van der Waals surface area contributed by atoms with Gasteiger partial charge in [-0.15, -0.1) is 22.9 Å². The number of aryl methyl sites for hydroxylation is 2. The van der Waals surface area contributed by atoms with Crippen LogP contribution in [0.4, 0.5) is 4.39 Å². The molecule has 0 N–H and O–H groups in total. The molecule has 0 amide bonds. The second-order valence-corrected chi connectivity index (χ2v) is 6.42. The predicted octanol–water partition coefficient (Wildman–Crippen LogP) is 4.42. The van der Waals surface area contributed by atoms with E-state index in [1.807, 2.05) is 16.9 Å². The van der Waals surface area contributed by atoms with Gasteiger partial charge in [0.25, 0.3) is 0 Å². The summed E-state index contributed by atoms with van der Waals surface area (Å²) < 4.78 is 15.7. The minimum Gasteiger partial charge on any atom is -0.321 e. The van der Waals surface area contributed by atoms with Gasteiger partial charge in [-0.3, -0.25) is 0 Å². The number of hydrogen-bond donors (Lipinski definition) is 0. The summed E-state index contributed by atoms with van der Waals surface area (Å²) >= 11 is 13.2. The molecule has 0 aliphatic heterocycles. The lowest BCUT2D eigenvalue weighted by Gasteiger charge is -2.06. The molecule has 0 aliphatic rings. The van der Waals surface area contributed by atoms with Crippen LogP contribution in [0.25, 0.3) is 11.0 Å². The first kappa shape index (κ1) is 14.8. The summed E-state index contributed by atoms with van der Waals surface area (Å²) in [6.07, 6.45) is 0.611. The molecular formula is C14H12Cl2FN3S. The molecule has 0 spiro atoms. The lowest BCUT2D eigenvalue weighted by molar-refractivity contribution is 0.628. The van der Waals surface area contributed by atoms with Crippen molar-refractivity contribution in [3.05, 3.63) is 44.9 Å². The Bertz CT molecular complexity index is 797. The number of hydrogen-bond acceptors (Lipinski definition) is 3. The van der Waals surface area contributed by atoms with Crippen molar-refractivity contribution in [2.75, 3.05) is 5.88 Å². The van der Waals surface area contributed by atoms with Gasteiger partial charge in [0.1, 0.15) is 16.6 Å². The van der Waals surface area contributed by atoms with Crippen LogP contribution in [-0.4, -0.2) is 20.4 Å². The van der Waals surface area contributed by atoms with Crippen molar-refractivity contribution >= 4 is 45.6 Å². The molecule has 110 valence electrons. The molecule has 0 aliphatic carbocycles. The van der Waals surface area contributed by atoms with E-state index in [4.69, 9.17) is 23.2 Å². The van der Waals surface area contributed by atoms with Crippen LogP contribution in [0.1, 0.15) is 16.5 Å². The van der Waals surface area contributed by atoms with Gasteiger partial charge in [-0.1, -0.05) is 11.6 Å². The molecule has 0 unspecified atom stereocenters. The van der Waals surface area contributed by atoms with Gasteiger partial charge < -0.3 is 4.57 Å². The van der Waals surface area contributed by atoms with Gasteiger partial charge in [-0.05, 0) is 13.0 Å². The highest BCUT2D eigenvalue weighted by Crippen LogP contribution is 2.25. The van der Waals surface area contributed by atoms with Crippen LogP contribution in [0, 0.1) is 12.7 Å². The Kier molecular flexibility index (Phi) is 4.15. The SMILES string of the molecule is Cc1csc(Cn2c(CCCl)nc3cc(Cl)c(F)cc32)n1. The Morgan fingerprint density at radius 3 is 2.81 bits per heavy atom. The molecule has 3 nitrogen and oxygen atoms in total. The van der Waals surface area contributed by atoms with Crippen molar-refractivity contribution in [3.8, 4) is 0 Å². The third-order valence-corrected chi connectivity index (χ3v) is 4.58. The maximum absolute atomic E-state index is 13.8. The van der Waals surface area contributed by atoms with E-state index in [1.165, 1.54) is 6.07 Å². The van der Waals surface area contributed by atoms with Crippen molar-refractivity contribution in [1.82, 2.24) is 14.5 Å². The summed E-state index contributed by atoms with van der Waals surface area (Å²) in [5, 5.41) is 3.03. The lowest BCUT2D eigenvalue weighted by Crippen LogP contribution is -2.06. The molecule has 0 radical (unpaired) electrons. The first-order chi connectivity index (χ1) is 10.1. The number of nitrogens with zero attached hydrogens (tertiary/aromatic N) is 3. The number of halogens is 3. The van der Waals surface area contributed by atoms with E-state index < -0.39 is 5.82 Å². The Balaban J connectivity index is 2.12. The number of alkyl halides is 1. The van der Waals surface area contributed by atoms with Crippen LogP contribution in [-0.2, 0) is 13.0 Å². The molecule has 2 heterocycles. The second kappa shape index (κ2) is 5.91. The first-order valence-electron chi connectivity index (χ1n) is 6.39. The highest BCUT2D eigenvalue weighted by atomic mass is 35.5. The zero-order valence-electron chi connectivity index (χ0n) is 11.2. The molecule has 2 aromatic heterocycles. The van der Waals surface area contributed by atoms with Crippen molar-refractivity contribution in [2.24, 2.45) is 0 Å². The van der Waals surface area contributed by atoms with Gasteiger partial charge in [-0.25, -0.2) is 14.4 Å². The standard InChI is InChI=1S/C14H12Cl2FN3S/c1-8-7-21-14(18-8)6-20-12-5-10(17)9(16)4-11(12)19-13(20)2-3-15/h4-5,7H,2-3,6H2,1H3. The number of fused-ring (bicyclic) bond motifs is 1. The maximum atomic E-state index is 13.8. The highest BCUT2D eigenvalue weighted by molar-refractivity contribution is 7.09. The normalized spacial score (nSPS) is 11.4. The van der Waals surface area contributed by atoms with Crippen LogP contribution in [0.3, 0.4) is 0 Å². The Morgan fingerprint density at radius 2 is 2.14 bits per heavy atom. The number of imidazole rings is 1. The van der Waals surface area contributed by atoms with Crippen molar-refractivity contribution < 1.29 is 4.39 Å². The maximum Gasteiger partial charge on any atom is 0.144 e. The Hall–Kier alpha value is -1.17. The zero-order chi connectivity index (χ0) is 15.0. The molecule has 3 aromatic rings. The van der Waals surface area contributed by atoms with Gasteiger partial charge in [0.15, 0.2) is 0 Å². The number of benzene rings is 1. The van der Waals surface area contributed by atoms with Crippen LogP contribution in [0.5, 0.6) is 0 Å². The topological polar surface area (TPSA) is 30.7 Å². The fourth-order valence-electron chi connectivity index (χ4n) is 2.23. The van der Waals surface area contributed by atoms with E-state index in [2.05, 4.69) is 9.97 Å². The average Bonchev–Trinajstić information content (AvgIpc) is 2.97. The summed E-state index contributed by atoms with van der Waals surface area (Å²) in [5.41, 5.74) is 2.37. The summed E-state index contributed by atoms with van der Waals surface area (Å²) in [6, 6.07) is 2.97. The van der Waals surface area contributed by atoms with Gasteiger partial charge >= 0.3 is 0 Å². The largest absolute Gasteiger partial charge is 0.321 e. The van der Waals surface area contributed by atoms with E-state index in [0.717, 1.165) is 16.5 Å². The molecule has 21 heavy (non-hydrogen) atoms. The Morgan fingerprint density at radius 1 is 1.33 bits per heavy atom. The summed E-state index contributed by atoms with van der Waals surface area (Å²) in [6.45, 7) is 2.51. The van der Waals surface area contributed by atoms with E-state index in [0.29, 0.717) is 29.9 Å². The molecule has 0 fully saturated rings. The number of rotatable bonds is 4. The predicted molar refractivity (Wildman–Crippen MR) is 85.1 cm³/mol. The van der Waals surface area contributed by atoms with E-state index >= 15 is 0 Å². The van der Waals surface area contributed by atoms with Crippen molar-refractivity contribution in [1.29, 1.82) is 0 Å². The molecule has 7 heteroatoms. The Labute approximate surface area is 135 Å². The smallest absolute Gasteiger partial charge is 0.144 e. The number of thiazole rings is 1. The summed E-state index contributed by atoms with van der Waals surface area (Å²) in [7, 11) is 0. The number of aromatic nitrogens is 3. The summed E-state index contributed by atoms with van der Waals surface area (Å²) in [5.74, 6) is 0.823. The third kappa shape index (κ3) is 2.91. The van der Waals surface area contributed by atoms with Gasteiger partial charge in [0.05, 0.1) is 22.6 Å². The average molecular weight is 344 g/mol. The summed E-state index contributed by atoms with van der Waals surface area (Å²) in [4.78, 5) is 8.96. The molecule has 1 aromatic carbocycles. The fourth-order valence-corrected chi connectivity index (χ4v) is 3.32. The molecule has 0 saturated carbocycles.